The minimum absolute atomic E-state index is 0.303. The first-order chi connectivity index (χ1) is 13.9. The van der Waals surface area contributed by atoms with Gasteiger partial charge in [-0.2, -0.15) is 5.26 Å². The fourth-order valence-corrected chi connectivity index (χ4v) is 4.16. The van der Waals surface area contributed by atoms with Crippen LogP contribution in [0.1, 0.15) is 32.4 Å². The molecule has 29 heavy (non-hydrogen) atoms. The van der Waals surface area contributed by atoms with Crippen LogP contribution in [0.2, 0.25) is 0 Å². The highest BCUT2D eigenvalue weighted by Crippen LogP contribution is 2.28. The molecule has 0 aromatic carbocycles. The Morgan fingerprint density at radius 3 is 2.83 bits per heavy atom. The standard InChI is InChI=1S/C19H17N7O2S/c1-9-5-12(10(2)26(9)18-14(7-20)22-11(3)29-18)17(27)25-19-23-13-6-16(28-4)21-8-15(13)24-19/h5-6,8H,1-4H3,(H2,23,24,25,27). The predicted octanol–water partition coefficient (Wildman–Crippen LogP) is 3.26. The van der Waals surface area contributed by atoms with Crippen molar-refractivity contribution in [3.63, 3.8) is 0 Å². The van der Waals surface area contributed by atoms with Crippen LogP contribution in [-0.4, -0.2) is 37.5 Å². The Balaban J connectivity index is 1.67. The van der Waals surface area contributed by atoms with Crippen molar-refractivity contribution in [3.8, 4) is 17.0 Å². The maximum absolute atomic E-state index is 12.9. The van der Waals surface area contributed by atoms with Crippen molar-refractivity contribution in [2.24, 2.45) is 0 Å². The summed E-state index contributed by atoms with van der Waals surface area (Å²) in [6.07, 6.45) is 1.60. The van der Waals surface area contributed by atoms with E-state index in [0.717, 1.165) is 16.4 Å². The number of nitrogens with one attached hydrogen (secondary N) is 2. The summed E-state index contributed by atoms with van der Waals surface area (Å²) in [6.45, 7) is 5.58. The van der Waals surface area contributed by atoms with Gasteiger partial charge in [-0.05, 0) is 26.8 Å². The van der Waals surface area contributed by atoms with Gasteiger partial charge in [0, 0.05) is 17.5 Å². The third kappa shape index (κ3) is 3.21. The first kappa shape index (κ1) is 18.6. The van der Waals surface area contributed by atoms with Crippen molar-refractivity contribution in [1.82, 2.24) is 24.5 Å². The summed E-state index contributed by atoms with van der Waals surface area (Å²) in [5.74, 6) is 0.456. The average Bonchev–Trinajstić information content (AvgIpc) is 3.35. The van der Waals surface area contributed by atoms with Crippen molar-refractivity contribution in [2.45, 2.75) is 20.8 Å². The number of rotatable bonds is 4. The van der Waals surface area contributed by atoms with Gasteiger partial charge >= 0.3 is 0 Å². The second-order valence-electron chi connectivity index (χ2n) is 6.40. The summed E-state index contributed by atoms with van der Waals surface area (Å²) < 4.78 is 6.97. The summed E-state index contributed by atoms with van der Waals surface area (Å²) in [4.78, 5) is 28.7. The van der Waals surface area contributed by atoms with E-state index in [1.807, 2.05) is 25.3 Å². The molecule has 1 amide bonds. The van der Waals surface area contributed by atoms with Gasteiger partial charge in [-0.3, -0.25) is 10.1 Å². The molecule has 0 unspecified atom stereocenters. The van der Waals surface area contributed by atoms with E-state index in [4.69, 9.17) is 4.74 Å². The number of pyridine rings is 1. The summed E-state index contributed by atoms with van der Waals surface area (Å²) in [5, 5.41) is 13.7. The van der Waals surface area contributed by atoms with Gasteiger partial charge in [-0.15, -0.1) is 0 Å². The fourth-order valence-electron chi connectivity index (χ4n) is 3.18. The molecule has 0 aliphatic heterocycles. The van der Waals surface area contributed by atoms with Gasteiger partial charge < -0.3 is 14.3 Å². The van der Waals surface area contributed by atoms with Crippen LogP contribution < -0.4 is 10.1 Å². The second-order valence-corrected chi connectivity index (χ2v) is 7.58. The van der Waals surface area contributed by atoms with E-state index in [0.29, 0.717) is 39.1 Å². The molecule has 9 nitrogen and oxygen atoms in total. The molecule has 146 valence electrons. The first-order valence-electron chi connectivity index (χ1n) is 8.69. The minimum Gasteiger partial charge on any atom is -0.481 e. The highest BCUT2D eigenvalue weighted by molar-refractivity contribution is 7.14. The van der Waals surface area contributed by atoms with Crippen molar-refractivity contribution in [2.75, 3.05) is 12.4 Å². The number of carbonyl (C=O) groups excluding carboxylic acids is 1. The summed E-state index contributed by atoms with van der Waals surface area (Å²) >= 11 is 1.42. The van der Waals surface area contributed by atoms with Crippen LogP contribution in [0.5, 0.6) is 5.88 Å². The minimum atomic E-state index is -0.303. The molecule has 4 aromatic heterocycles. The van der Waals surface area contributed by atoms with Gasteiger partial charge in [0.1, 0.15) is 11.1 Å². The van der Waals surface area contributed by atoms with E-state index >= 15 is 0 Å². The number of H-pyrrole nitrogens is 1. The molecule has 0 spiro atoms. The van der Waals surface area contributed by atoms with Crippen LogP contribution >= 0.6 is 11.3 Å². The lowest BCUT2D eigenvalue weighted by atomic mass is 10.2. The summed E-state index contributed by atoms with van der Waals surface area (Å²) in [7, 11) is 1.53. The lowest BCUT2D eigenvalue weighted by Crippen LogP contribution is -2.14. The van der Waals surface area contributed by atoms with Crippen LogP contribution in [0.25, 0.3) is 16.0 Å². The normalized spacial score (nSPS) is 10.9. The molecule has 0 aliphatic rings. The SMILES string of the molecule is COc1cc2nc(NC(=O)c3cc(C)n(-c4sc(C)nc4C#N)c3C)[nH]c2cn1. The number of aromatic amines is 1. The molecule has 4 aromatic rings. The van der Waals surface area contributed by atoms with Gasteiger partial charge in [0.2, 0.25) is 11.8 Å². The molecule has 4 rings (SSSR count). The molecule has 0 atom stereocenters. The van der Waals surface area contributed by atoms with Crippen molar-refractivity contribution < 1.29 is 9.53 Å². The first-order valence-corrected chi connectivity index (χ1v) is 9.51. The lowest BCUT2D eigenvalue weighted by Gasteiger charge is -2.07. The Labute approximate surface area is 170 Å². The number of aryl methyl sites for hydroxylation is 2. The number of amides is 1. The van der Waals surface area contributed by atoms with Gasteiger partial charge in [-0.25, -0.2) is 15.0 Å². The number of thiazole rings is 1. The van der Waals surface area contributed by atoms with Crippen molar-refractivity contribution in [1.29, 1.82) is 5.26 Å². The molecule has 0 fully saturated rings. The Hall–Kier alpha value is -3.71. The molecule has 0 bridgehead atoms. The van der Waals surface area contributed by atoms with Crippen LogP contribution in [0.3, 0.4) is 0 Å². The predicted molar refractivity (Wildman–Crippen MR) is 109 cm³/mol. The maximum atomic E-state index is 12.9. The number of anilines is 1. The number of hydrogen-bond donors (Lipinski definition) is 2. The Morgan fingerprint density at radius 2 is 2.10 bits per heavy atom. The number of nitriles is 1. The van der Waals surface area contributed by atoms with Crippen LogP contribution in [0.4, 0.5) is 5.95 Å². The lowest BCUT2D eigenvalue weighted by molar-refractivity contribution is 0.102. The zero-order valence-corrected chi connectivity index (χ0v) is 17.0. The van der Waals surface area contributed by atoms with Crippen LogP contribution in [0.15, 0.2) is 18.3 Å². The number of hydrogen-bond acceptors (Lipinski definition) is 7. The van der Waals surface area contributed by atoms with Crippen LogP contribution in [0, 0.1) is 32.1 Å². The fraction of sp³-hybridized carbons (Fsp3) is 0.211. The zero-order valence-electron chi connectivity index (χ0n) is 16.2. The molecule has 2 N–H and O–H groups in total. The van der Waals surface area contributed by atoms with E-state index in [1.165, 1.54) is 18.4 Å². The van der Waals surface area contributed by atoms with Gasteiger partial charge in [0.05, 0.1) is 34.9 Å². The second kappa shape index (κ2) is 7.03. The summed E-state index contributed by atoms with van der Waals surface area (Å²) in [5.41, 5.74) is 3.72. The topological polar surface area (TPSA) is 122 Å². The number of nitrogens with zero attached hydrogens (tertiary/aromatic N) is 5. The van der Waals surface area contributed by atoms with E-state index in [2.05, 4.69) is 31.3 Å². The largest absolute Gasteiger partial charge is 0.481 e. The zero-order chi connectivity index (χ0) is 20.7. The molecule has 10 heteroatoms. The number of fused-ring (bicyclic) bond motifs is 1. The molecular weight excluding hydrogens is 390 g/mol. The Morgan fingerprint density at radius 1 is 1.31 bits per heavy atom. The van der Waals surface area contributed by atoms with Gasteiger partial charge in [-0.1, -0.05) is 11.3 Å². The van der Waals surface area contributed by atoms with E-state index in [-0.39, 0.29) is 5.91 Å². The molecule has 0 saturated heterocycles. The monoisotopic (exact) mass is 407 g/mol. The Bertz CT molecular complexity index is 1290. The maximum Gasteiger partial charge on any atom is 0.259 e. The smallest absolute Gasteiger partial charge is 0.259 e. The number of methoxy groups -OCH3 is 1. The van der Waals surface area contributed by atoms with E-state index < -0.39 is 0 Å². The molecule has 0 radical (unpaired) electrons. The number of ether oxygens (including phenoxy) is 1. The highest BCUT2D eigenvalue weighted by Gasteiger charge is 2.21. The molecular formula is C19H17N7O2S. The number of aromatic nitrogens is 5. The summed E-state index contributed by atoms with van der Waals surface area (Å²) in [6, 6.07) is 5.59. The van der Waals surface area contributed by atoms with E-state index in [1.54, 1.807) is 18.3 Å². The Kier molecular flexibility index (Phi) is 4.52. The average molecular weight is 407 g/mol. The van der Waals surface area contributed by atoms with Crippen LogP contribution in [-0.2, 0) is 0 Å². The number of carbonyl (C=O) groups is 1. The molecule has 0 aliphatic carbocycles. The van der Waals surface area contributed by atoms with Crippen molar-refractivity contribution >= 4 is 34.2 Å². The quantitative estimate of drug-likeness (QED) is 0.535. The molecule has 4 heterocycles. The highest BCUT2D eigenvalue weighted by atomic mass is 32.1. The van der Waals surface area contributed by atoms with Gasteiger partial charge in [0.25, 0.3) is 5.91 Å². The van der Waals surface area contributed by atoms with Crippen molar-refractivity contribution in [3.05, 3.63) is 46.0 Å². The van der Waals surface area contributed by atoms with E-state index in [9.17, 15) is 10.1 Å². The molecule has 0 saturated carbocycles. The van der Waals surface area contributed by atoms with Gasteiger partial charge in [0.15, 0.2) is 5.69 Å². The number of imidazole rings is 1. The third-order valence-corrected chi connectivity index (χ3v) is 5.44. The third-order valence-electron chi connectivity index (χ3n) is 4.48.